The molecule has 0 aliphatic carbocycles. The second-order valence-corrected chi connectivity index (χ2v) is 4.11. The number of aromatic nitrogens is 3. The summed E-state index contributed by atoms with van der Waals surface area (Å²) in [6, 6.07) is 1.60. The van der Waals surface area contributed by atoms with Crippen molar-refractivity contribution in [1.82, 2.24) is 14.8 Å². The first kappa shape index (κ1) is 10.7. The van der Waals surface area contributed by atoms with E-state index < -0.39 is 0 Å². The Morgan fingerprint density at radius 3 is 2.75 bits per heavy atom. The Hall–Kier alpha value is -1.78. The van der Waals surface area contributed by atoms with Gasteiger partial charge in [0.1, 0.15) is 5.65 Å². The molecule has 0 saturated carbocycles. The van der Waals surface area contributed by atoms with Gasteiger partial charge in [-0.3, -0.25) is 19.4 Å². The highest BCUT2D eigenvalue weighted by Gasteiger charge is 2.13. The molecule has 2 rings (SSSR count). The summed E-state index contributed by atoms with van der Waals surface area (Å²) in [5, 5.41) is 3.33. The van der Waals surface area contributed by atoms with Crippen LogP contribution in [0.15, 0.2) is 15.7 Å². The molecule has 0 saturated heterocycles. The summed E-state index contributed by atoms with van der Waals surface area (Å²) in [5.74, 6) is 0. The van der Waals surface area contributed by atoms with Gasteiger partial charge in [0.2, 0.25) is 5.56 Å². The van der Waals surface area contributed by atoms with E-state index in [1.165, 1.54) is 6.07 Å². The number of rotatable bonds is 2. The lowest BCUT2D eigenvalue weighted by atomic mass is 10.2. The SMILES string of the molecule is CCC(C)n1[nH]c(=O)c2c(C)cc(=O)[nH]c21. The first-order valence-electron chi connectivity index (χ1n) is 5.38. The molecule has 2 heterocycles. The standard InChI is InChI=1S/C11H15N3O2/c1-4-7(3)14-10-9(11(16)13-14)6(2)5-8(15)12-10/h5,7H,4H2,1-3H3,(H,12,15)(H,13,16). The zero-order valence-corrected chi connectivity index (χ0v) is 9.63. The lowest BCUT2D eigenvalue weighted by molar-refractivity contribution is 0.486. The minimum absolute atomic E-state index is 0.149. The zero-order valence-electron chi connectivity index (χ0n) is 9.63. The van der Waals surface area contributed by atoms with Crippen LogP contribution in [0, 0.1) is 6.92 Å². The molecular formula is C11H15N3O2. The molecule has 0 fully saturated rings. The number of nitrogens with zero attached hydrogens (tertiary/aromatic N) is 1. The van der Waals surface area contributed by atoms with E-state index in [4.69, 9.17) is 0 Å². The average molecular weight is 221 g/mol. The highest BCUT2D eigenvalue weighted by molar-refractivity contribution is 5.77. The normalized spacial score (nSPS) is 13.2. The van der Waals surface area contributed by atoms with Crippen LogP contribution >= 0.6 is 0 Å². The molecular weight excluding hydrogens is 206 g/mol. The minimum Gasteiger partial charge on any atom is -0.307 e. The topological polar surface area (TPSA) is 70.7 Å². The maximum atomic E-state index is 11.8. The minimum atomic E-state index is -0.180. The van der Waals surface area contributed by atoms with Crippen LogP contribution in [-0.2, 0) is 0 Å². The number of hydrogen-bond acceptors (Lipinski definition) is 2. The van der Waals surface area contributed by atoms with Gasteiger partial charge in [0, 0.05) is 12.1 Å². The van der Waals surface area contributed by atoms with Crippen LogP contribution in [0.25, 0.3) is 11.0 Å². The molecule has 0 aliphatic heterocycles. The summed E-state index contributed by atoms with van der Waals surface area (Å²) in [5.41, 5.74) is 0.969. The first-order chi connectivity index (χ1) is 7.54. The Morgan fingerprint density at radius 2 is 2.12 bits per heavy atom. The molecule has 86 valence electrons. The van der Waals surface area contributed by atoms with Crippen molar-refractivity contribution in [2.75, 3.05) is 0 Å². The van der Waals surface area contributed by atoms with Gasteiger partial charge in [0.05, 0.1) is 5.39 Å². The molecule has 0 aliphatic rings. The summed E-state index contributed by atoms with van der Waals surface area (Å²) >= 11 is 0. The third kappa shape index (κ3) is 1.48. The van der Waals surface area contributed by atoms with Gasteiger partial charge in [0.15, 0.2) is 0 Å². The quantitative estimate of drug-likeness (QED) is 0.802. The van der Waals surface area contributed by atoms with Crippen molar-refractivity contribution in [3.8, 4) is 0 Å². The molecule has 2 aromatic rings. The Morgan fingerprint density at radius 1 is 1.44 bits per heavy atom. The molecule has 0 spiro atoms. The Balaban J connectivity index is 2.89. The van der Waals surface area contributed by atoms with Gasteiger partial charge in [-0.2, -0.15) is 0 Å². The predicted octanol–water partition coefficient (Wildman–Crippen LogP) is 1.30. The number of fused-ring (bicyclic) bond motifs is 1. The van der Waals surface area contributed by atoms with Crippen molar-refractivity contribution < 1.29 is 0 Å². The second kappa shape index (κ2) is 3.66. The highest BCUT2D eigenvalue weighted by atomic mass is 16.1. The monoisotopic (exact) mass is 221 g/mol. The van der Waals surface area contributed by atoms with Crippen LogP contribution in [0.1, 0.15) is 31.9 Å². The number of hydrogen-bond donors (Lipinski definition) is 2. The number of pyridine rings is 1. The first-order valence-corrected chi connectivity index (χ1v) is 5.38. The Bertz CT molecular complexity index is 633. The van der Waals surface area contributed by atoms with Crippen LogP contribution in [-0.4, -0.2) is 14.8 Å². The fraction of sp³-hybridized carbons (Fsp3) is 0.455. The van der Waals surface area contributed by atoms with Crippen molar-refractivity contribution >= 4 is 11.0 Å². The summed E-state index contributed by atoms with van der Waals surface area (Å²) in [7, 11) is 0. The Labute approximate surface area is 92.1 Å². The molecule has 5 nitrogen and oxygen atoms in total. The van der Waals surface area contributed by atoms with Crippen molar-refractivity contribution in [2.24, 2.45) is 0 Å². The largest absolute Gasteiger partial charge is 0.307 e. The van der Waals surface area contributed by atoms with E-state index in [1.807, 2.05) is 13.8 Å². The summed E-state index contributed by atoms with van der Waals surface area (Å²) in [6.07, 6.45) is 0.885. The molecule has 0 amide bonds. The molecule has 0 aromatic carbocycles. The van der Waals surface area contributed by atoms with Crippen molar-refractivity contribution in [2.45, 2.75) is 33.2 Å². The smallest absolute Gasteiger partial charge is 0.273 e. The van der Waals surface area contributed by atoms with Crippen LogP contribution in [0.4, 0.5) is 0 Å². The molecule has 1 atom stereocenters. The van der Waals surface area contributed by atoms with Crippen LogP contribution in [0.5, 0.6) is 0 Å². The van der Waals surface area contributed by atoms with E-state index in [0.29, 0.717) is 16.6 Å². The van der Waals surface area contributed by atoms with Gasteiger partial charge in [-0.15, -0.1) is 0 Å². The molecule has 2 N–H and O–H groups in total. The van der Waals surface area contributed by atoms with Gasteiger partial charge in [-0.25, -0.2) is 0 Å². The molecule has 0 bridgehead atoms. The van der Waals surface area contributed by atoms with E-state index in [9.17, 15) is 9.59 Å². The van der Waals surface area contributed by atoms with Gasteiger partial charge in [-0.05, 0) is 25.8 Å². The van der Waals surface area contributed by atoms with Gasteiger partial charge in [-0.1, -0.05) is 6.92 Å². The number of aryl methyl sites for hydroxylation is 1. The van der Waals surface area contributed by atoms with Gasteiger partial charge in [0.25, 0.3) is 5.56 Å². The van der Waals surface area contributed by atoms with Gasteiger partial charge < -0.3 is 4.98 Å². The van der Waals surface area contributed by atoms with Crippen LogP contribution in [0.3, 0.4) is 0 Å². The maximum absolute atomic E-state index is 11.8. The number of aromatic amines is 2. The maximum Gasteiger partial charge on any atom is 0.273 e. The average Bonchev–Trinajstić information content (AvgIpc) is 2.54. The van der Waals surface area contributed by atoms with Crippen LogP contribution < -0.4 is 11.1 Å². The van der Waals surface area contributed by atoms with E-state index in [2.05, 4.69) is 10.1 Å². The van der Waals surface area contributed by atoms with Crippen molar-refractivity contribution in [3.05, 3.63) is 32.3 Å². The third-order valence-corrected chi connectivity index (χ3v) is 2.94. The van der Waals surface area contributed by atoms with E-state index in [1.54, 1.807) is 11.6 Å². The highest BCUT2D eigenvalue weighted by Crippen LogP contribution is 2.15. The molecule has 16 heavy (non-hydrogen) atoms. The lowest BCUT2D eigenvalue weighted by Crippen LogP contribution is -2.11. The third-order valence-electron chi connectivity index (χ3n) is 2.94. The molecule has 0 radical (unpaired) electrons. The van der Waals surface area contributed by atoms with Crippen molar-refractivity contribution in [1.29, 1.82) is 0 Å². The lowest BCUT2D eigenvalue weighted by Gasteiger charge is -2.11. The molecule has 5 heteroatoms. The van der Waals surface area contributed by atoms with E-state index >= 15 is 0 Å². The molecule has 2 aromatic heterocycles. The molecule has 1 unspecified atom stereocenters. The Kier molecular flexibility index (Phi) is 2.46. The van der Waals surface area contributed by atoms with Gasteiger partial charge >= 0.3 is 0 Å². The zero-order chi connectivity index (χ0) is 11.9. The fourth-order valence-electron chi connectivity index (χ4n) is 1.87. The predicted molar refractivity (Wildman–Crippen MR) is 62.9 cm³/mol. The second-order valence-electron chi connectivity index (χ2n) is 4.11. The van der Waals surface area contributed by atoms with E-state index in [0.717, 1.165) is 6.42 Å². The fourth-order valence-corrected chi connectivity index (χ4v) is 1.87. The van der Waals surface area contributed by atoms with Crippen molar-refractivity contribution in [3.63, 3.8) is 0 Å². The van der Waals surface area contributed by atoms with Crippen LogP contribution in [0.2, 0.25) is 0 Å². The number of nitrogens with one attached hydrogen (secondary N) is 2. The summed E-state index contributed by atoms with van der Waals surface area (Å²) < 4.78 is 1.73. The number of H-pyrrole nitrogens is 2. The summed E-state index contributed by atoms with van der Waals surface area (Å²) in [4.78, 5) is 25.9. The van der Waals surface area contributed by atoms with E-state index in [-0.39, 0.29) is 17.2 Å². The summed E-state index contributed by atoms with van der Waals surface area (Å²) in [6.45, 7) is 5.80.